The van der Waals surface area contributed by atoms with Crippen LogP contribution in [0.5, 0.6) is 5.75 Å². The molecule has 0 aliphatic carbocycles. The van der Waals surface area contributed by atoms with Gasteiger partial charge in [0, 0.05) is 12.1 Å². The summed E-state index contributed by atoms with van der Waals surface area (Å²) in [5.41, 5.74) is 0.397. The molecule has 2 rings (SSSR count). The highest BCUT2D eigenvalue weighted by Gasteiger charge is 2.14. The average molecular weight is 277 g/mol. The van der Waals surface area contributed by atoms with Gasteiger partial charge in [-0.1, -0.05) is 6.92 Å². The summed E-state index contributed by atoms with van der Waals surface area (Å²) in [6, 6.07) is 4.07. The summed E-state index contributed by atoms with van der Waals surface area (Å²) in [5.74, 6) is 0.0397. The Bertz CT molecular complexity index is 610. The molecule has 106 valence electrons. The maximum atomic E-state index is 13.3. The summed E-state index contributed by atoms with van der Waals surface area (Å²) in [6.07, 6.45) is 2.48. The number of hydrogen-bond acceptors (Lipinski definition) is 4. The van der Waals surface area contributed by atoms with Crippen LogP contribution in [-0.4, -0.2) is 27.7 Å². The Labute approximate surface area is 116 Å². The van der Waals surface area contributed by atoms with Crippen molar-refractivity contribution in [3.8, 4) is 5.75 Å². The van der Waals surface area contributed by atoms with Gasteiger partial charge in [-0.15, -0.1) is 0 Å². The number of ketones is 1. The van der Waals surface area contributed by atoms with E-state index in [0.29, 0.717) is 11.4 Å². The van der Waals surface area contributed by atoms with E-state index in [4.69, 9.17) is 4.74 Å². The van der Waals surface area contributed by atoms with E-state index in [1.54, 1.807) is 4.68 Å². The van der Waals surface area contributed by atoms with Gasteiger partial charge >= 0.3 is 0 Å². The van der Waals surface area contributed by atoms with Crippen molar-refractivity contribution in [2.24, 2.45) is 0 Å². The monoisotopic (exact) mass is 277 g/mol. The number of nitrogens with zero attached hydrogens (tertiary/aromatic N) is 3. The highest BCUT2D eigenvalue weighted by molar-refractivity contribution is 5.97. The lowest BCUT2D eigenvalue weighted by molar-refractivity contribution is 0.0989. The molecule has 1 heterocycles. The van der Waals surface area contributed by atoms with Gasteiger partial charge < -0.3 is 4.74 Å². The number of carbonyl (C=O) groups excluding carboxylic acids is 1. The summed E-state index contributed by atoms with van der Waals surface area (Å²) in [6.45, 7) is 2.74. The lowest BCUT2D eigenvalue weighted by atomic mass is 10.1. The number of methoxy groups -OCH3 is 1. The number of carbonyl (C=O) groups is 1. The van der Waals surface area contributed by atoms with E-state index in [-0.39, 0.29) is 18.0 Å². The highest BCUT2D eigenvalue weighted by atomic mass is 19.1. The standard InChI is InChI=1S/C14H16FN3O2/c1-3-6-18-14(16-9-17-18)8-12(19)10-4-5-11(15)13(7-10)20-2/h4-5,7,9H,3,6,8H2,1-2H3. The van der Waals surface area contributed by atoms with E-state index >= 15 is 0 Å². The van der Waals surface area contributed by atoms with Gasteiger partial charge in [-0.05, 0) is 24.6 Å². The molecule has 0 bridgehead atoms. The average Bonchev–Trinajstić information content (AvgIpc) is 2.87. The normalized spacial score (nSPS) is 10.6. The van der Waals surface area contributed by atoms with Gasteiger partial charge in [-0.25, -0.2) is 14.1 Å². The van der Waals surface area contributed by atoms with Gasteiger partial charge in [0.05, 0.1) is 13.5 Å². The summed E-state index contributed by atoms with van der Waals surface area (Å²) in [4.78, 5) is 16.3. The third-order valence-corrected chi connectivity index (χ3v) is 2.92. The van der Waals surface area contributed by atoms with Crippen LogP contribution in [0.1, 0.15) is 29.5 Å². The van der Waals surface area contributed by atoms with E-state index < -0.39 is 5.82 Å². The SMILES string of the molecule is CCCn1ncnc1CC(=O)c1ccc(F)c(OC)c1. The molecule has 0 fully saturated rings. The molecule has 0 unspecified atom stereocenters. The highest BCUT2D eigenvalue weighted by Crippen LogP contribution is 2.19. The minimum atomic E-state index is -0.488. The van der Waals surface area contributed by atoms with Gasteiger partial charge in [0.25, 0.3) is 0 Å². The smallest absolute Gasteiger partial charge is 0.170 e. The second-order valence-electron chi connectivity index (χ2n) is 4.35. The molecule has 2 aromatic rings. The second kappa shape index (κ2) is 6.27. The van der Waals surface area contributed by atoms with E-state index in [2.05, 4.69) is 10.1 Å². The van der Waals surface area contributed by atoms with Crippen molar-refractivity contribution >= 4 is 5.78 Å². The Morgan fingerprint density at radius 3 is 2.95 bits per heavy atom. The minimum Gasteiger partial charge on any atom is -0.494 e. The zero-order valence-electron chi connectivity index (χ0n) is 11.5. The van der Waals surface area contributed by atoms with Crippen molar-refractivity contribution in [3.63, 3.8) is 0 Å². The Balaban J connectivity index is 2.17. The molecule has 0 aliphatic heterocycles. The molecule has 6 heteroatoms. The van der Waals surface area contributed by atoms with Crippen molar-refractivity contribution in [1.82, 2.24) is 14.8 Å². The first kappa shape index (κ1) is 14.2. The van der Waals surface area contributed by atoms with E-state index in [9.17, 15) is 9.18 Å². The van der Waals surface area contributed by atoms with Gasteiger partial charge in [0.1, 0.15) is 12.2 Å². The van der Waals surface area contributed by atoms with Crippen molar-refractivity contribution in [1.29, 1.82) is 0 Å². The van der Waals surface area contributed by atoms with Crippen molar-refractivity contribution in [3.05, 3.63) is 41.7 Å². The van der Waals surface area contributed by atoms with Gasteiger partial charge in [0.2, 0.25) is 0 Å². The van der Waals surface area contributed by atoms with Crippen LogP contribution in [-0.2, 0) is 13.0 Å². The molecule has 0 spiro atoms. The van der Waals surface area contributed by atoms with Crippen molar-refractivity contribution < 1.29 is 13.9 Å². The number of benzene rings is 1. The molecular formula is C14H16FN3O2. The number of aryl methyl sites for hydroxylation is 1. The fourth-order valence-corrected chi connectivity index (χ4v) is 1.90. The number of aromatic nitrogens is 3. The van der Waals surface area contributed by atoms with E-state index in [1.807, 2.05) is 6.92 Å². The Hall–Kier alpha value is -2.24. The van der Waals surface area contributed by atoms with Gasteiger partial charge in [0.15, 0.2) is 17.3 Å². The first-order chi connectivity index (χ1) is 9.65. The topological polar surface area (TPSA) is 57.0 Å². The molecule has 1 aromatic heterocycles. The zero-order valence-corrected chi connectivity index (χ0v) is 11.5. The summed E-state index contributed by atoms with van der Waals surface area (Å²) >= 11 is 0. The Kier molecular flexibility index (Phi) is 4.45. The summed E-state index contributed by atoms with van der Waals surface area (Å²) in [7, 11) is 1.37. The molecule has 1 aromatic carbocycles. The Morgan fingerprint density at radius 2 is 2.25 bits per heavy atom. The van der Waals surface area contributed by atoms with E-state index in [1.165, 1.54) is 31.6 Å². The summed E-state index contributed by atoms with van der Waals surface area (Å²) in [5, 5.41) is 4.07. The lowest BCUT2D eigenvalue weighted by Crippen LogP contribution is -2.11. The third kappa shape index (κ3) is 3.01. The van der Waals surface area contributed by atoms with Crippen LogP contribution >= 0.6 is 0 Å². The molecule has 0 N–H and O–H groups in total. The molecule has 0 amide bonds. The van der Waals surface area contributed by atoms with Gasteiger partial charge in [-0.3, -0.25) is 4.79 Å². The van der Waals surface area contributed by atoms with Crippen LogP contribution in [0.3, 0.4) is 0 Å². The largest absolute Gasteiger partial charge is 0.494 e. The van der Waals surface area contributed by atoms with Crippen LogP contribution in [0.25, 0.3) is 0 Å². The second-order valence-corrected chi connectivity index (χ2v) is 4.35. The zero-order chi connectivity index (χ0) is 14.5. The quantitative estimate of drug-likeness (QED) is 0.760. The first-order valence-electron chi connectivity index (χ1n) is 6.39. The number of hydrogen-bond donors (Lipinski definition) is 0. The minimum absolute atomic E-state index is 0.0610. The molecular weight excluding hydrogens is 261 g/mol. The molecule has 0 aliphatic rings. The number of rotatable bonds is 6. The number of halogens is 1. The van der Waals surface area contributed by atoms with Crippen LogP contribution in [0.15, 0.2) is 24.5 Å². The molecule has 20 heavy (non-hydrogen) atoms. The van der Waals surface area contributed by atoms with Crippen LogP contribution in [0, 0.1) is 5.82 Å². The maximum Gasteiger partial charge on any atom is 0.170 e. The Morgan fingerprint density at radius 1 is 1.45 bits per heavy atom. The van der Waals surface area contributed by atoms with Crippen molar-refractivity contribution in [2.75, 3.05) is 7.11 Å². The third-order valence-electron chi connectivity index (χ3n) is 2.92. The summed E-state index contributed by atoms with van der Waals surface area (Å²) < 4.78 is 19.9. The fraction of sp³-hybridized carbons (Fsp3) is 0.357. The predicted molar refractivity (Wildman–Crippen MR) is 71.3 cm³/mol. The number of Topliss-reactive ketones (excluding diaryl/α,β-unsaturated/α-hetero) is 1. The molecule has 0 atom stereocenters. The lowest BCUT2D eigenvalue weighted by Gasteiger charge is -2.06. The van der Waals surface area contributed by atoms with Crippen LogP contribution < -0.4 is 4.74 Å². The number of ether oxygens (including phenoxy) is 1. The van der Waals surface area contributed by atoms with E-state index in [0.717, 1.165) is 13.0 Å². The molecule has 0 radical (unpaired) electrons. The van der Waals surface area contributed by atoms with Crippen LogP contribution in [0.4, 0.5) is 4.39 Å². The van der Waals surface area contributed by atoms with Crippen LogP contribution in [0.2, 0.25) is 0 Å². The molecule has 5 nitrogen and oxygen atoms in total. The maximum absolute atomic E-state index is 13.3. The predicted octanol–water partition coefficient (Wildman–Crippen LogP) is 2.26. The van der Waals surface area contributed by atoms with Crippen molar-refractivity contribution in [2.45, 2.75) is 26.3 Å². The molecule has 0 saturated heterocycles. The first-order valence-corrected chi connectivity index (χ1v) is 6.39. The molecule has 0 saturated carbocycles. The fourth-order valence-electron chi connectivity index (χ4n) is 1.90. The van der Waals surface area contributed by atoms with Gasteiger partial charge in [-0.2, -0.15) is 5.10 Å².